The van der Waals surface area contributed by atoms with Crippen LogP contribution < -0.4 is 10.1 Å². The molecule has 0 saturated heterocycles. The average molecular weight is 302 g/mol. The summed E-state index contributed by atoms with van der Waals surface area (Å²) in [5.41, 5.74) is 0.687. The predicted octanol–water partition coefficient (Wildman–Crippen LogP) is 2.33. The molecule has 22 heavy (non-hydrogen) atoms. The van der Waals surface area contributed by atoms with Gasteiger partial charge in [-0.25, -0.2) is 4.68 Å². The van der Waals surface area contributed by atoms with E-state index in [1.54, 1.807) is 17.8 Å². The summed E-state index contributed by atoms with van der Waals surface area (Å²) in [6.07, 6.45) is 2.63. The molecule has 0 saturated carbocycles. The van der Waals surface area contributed by atoms with Crippen molar-refractivity contribution in [1.82, 2.24) is 20.3 Å². The van der Waals surface area contributed by atoms with Crippen LogP contribution in [0.5, 0.6) is 5.75 Å². The maximum Gasteiger partial charge on any atom is 0.244 e. The van der Waals surface area contributed by atoms with Gasteiger partial charge in [0.2, 0.25) is 5.91 Å². The number of benzene rings is 1. The molecule has 0 aliphatic heterocycles. The molecule has 0 aliphatic rings. The number of rotatable bonds is 7. The zero-order chi connectivity index (χ0) is 15.9. The molecule has 2 unspecified atom stereocenters. The Labute approximate surface area is 130 Å². The van der Waals surface area contributed by atoms with Crippen molar-refractivity contribution < 1.29 is 9.53 Å². The molecular formula is C16H22N4O2. The summed E-state index contributed by atoms with van der Waals surface area (Å²) in [5, 5.41) is 11.0. The van der Waals surface area contributed by atoms with E-state index in [0.717, 1.165) is 12.2 Å². The number of nitrogens with one attached hydrogen (secondary N) is 1. The van der Waals surface area contributed by atoms with E-state index < -0.39 is 6.04 Å². The Kier molecular flexibility index (Phi) is 5.52. The molecule has 1 heterocycles. The fraction of sp³-hybridized carbons (Fsp3) is 0.438. The topological polar surface area (TPSA) is 69.0 Å². The van der Waals surface area contributed by atoms with E-state index in [0.29, 0.717) is 12.3 Å². The van der Waals surface area contributed by atoms with Gasteiger partial charge in [0.05, 0.1) is 6.20 Å². The monoisotopic (exact) mass is 302 g/mol. The zero-order valence-corrected chi connectivity index (χ0v) is 13.2. The first-order valence-electron chi connectivity index (χ1n) is 7.49. The Hall–Kier alpha value is -2.37. The normalized spacial score (nSPS) is 13.4. The molecule has 0 fully saturated rings. The number of aromatic nitrogens is 3. The van der Waals surface area contributed by atoms with Crippen LogP contribution in [0.1, 0.15) is 38.9 Å². The molecule has 6 heteroatoms. The molecular weight excluding hydrogens is 280 g/mol. The minimum absolute atomic E-state index is 0.0604. The van der Waals surface area contributed by atoms with Crippen LogP contribution in [0.15, 0.2) is 36.5 Å². The Balaban J connectivity index is 1.91. The van der Waals surface area contributed by atoms with E-state index >= 15 is 0 Å². The van der Waals surface area contributed by atoms with Crippen LogP contribution in [0.3, 0.4) is 0 Å². The van der Waals surface area contributed by atoms with Gasteiger partial charge in [0.25, 0.3) is 0 Å². The fourth-order valence-corrected chi connectivity index (χ4v) is 1.83. The van der Waals surface area contributed by atoms with Crippen LogP contribution in [-0.2, 0) is 11.4 Å². The Bertz CT molecular complexity index is 597. The van der Waals surface area contributed by atoms with Crippen LogP contribution >= 0.6 is 0 Å². The Morgan fingerprint density at radius 3 is 2.73 bits per heavy atom. The van der Waals surface area contributed by atoms with E-state index in [4.69, 9.17) is 4.74 Å². The van der Waals surface area contributed by atoms with E-state index in [1.165, 1.54) is 0 Å². The molecule has 2 aromatic rings. The van der Waals surface area contributed by atoms with Crippen LogP contribution in [0.2, 0.25) is 0 Å². The van der Waals surface area contributed by atoms with E-state index in [9.17, 15) is 4.79 Å². The quantitative estimate of drug-likeness (QED) is 0.852. The third-order valence-corrected chi connectivity index (χ3v) is 3.46. The van der Waals surface area contributed by atoms with Gasteiger partial charge >= 0.3 is 0 Å². The SMILES string of the molecule is CCC(C)NC(=O)C(C)n1cc(COc2ccccc2)nn1. The first-order chi connectivity index (χ1) is 10.6. The highest BCUT2D eigenvalue weighted by Crippen LogP contribution is 2.11. The highest BCUT2D eigenvalue weighted by molar-refractivity contribution is 5.79. The summed E-state index contributed by atoms with van der Waals surface area (Å²) in [4.78, 5) is 12.1. The lowest BCUT2D eigenvalue weighted by Crippen LogP contribution is -2.37. The van der Waals surface area contributed by atoms with Crippen molar-refractivity contribution in [3.05, 3.63) is 42.2 Å². The first-order valence-corrected chi connectivity index (χ1v) is 7.49. The molecule has 1 aromatic heterocycles. The van der Waals surface area contributed by atoms with Gasteiger partial charge in [-0.15, -0.1) is 5.10 Å². The van der Waals surface area contributed by atoms with Gasteiger partial charge in [0.15, 0.2) is 0 Å². The van der Waals surface area contributed by atoms with Gasteiger partial charge in [-0.1, -0.05) is 30.3 Å². The lowest BCUT2D eigenvalue weighted by atomic mass is 10.2. The molecule has 1 aromatic carbocycles. The maximum atomic E-state index is 12.1. The number of nitrogens with zero attached hydrogens (tertiary/aromatic N) is 3. The van der Waals surface area contributed by atoms with Crippen LogP contribution in [0, 0.1) is 0 Å². The summed E-state index contributed by atoms with van der Waals surface area (Å²) < 4.78 is 7.17. The van der Waals surface area contributed by atoms with Crippen molar-refractivity contribution in [3.63, 3.8) is 0 Å². The van der Waals surface area contributed by atoms with Gasteiger partial charge in [-0.05, 0) is 32.4 Å². The third-order valence-electron chi connectivity index (χ3n) is 3.46. The second-order valence-corrected chi connectivity index (χ2v) is 5.29. The zero-order valence-electron chi connectivity index (χ0n) is 13.2. The van der Waals surface area contributed by atoms with Crippen molar-refractivity contribution in [2.75, 3.05) is 0 Å². The minimum atomic E-state index is -0.396. The standard InChI is InChI=1S/C16H22N4O2/c1-4-12(2)17-16(21)13(3)20-10-14(18-19-20)11-22-15-8-6-5-7-9-15/h5-10,12-13H,4,11H2,1-3H3,(H,17,21). The van der Waals surface area contributed by atoms with E-state index in [-0.39, 0.29) is 11.9 Å². The van der Waals surface area contributed by atoms with Gasteiger partial charge in [0, 0.05) is 6.04 Å². The van der Waals surface area contributed by atoms with Gasteiger partial charge in [-0.3, -0.25) is 4.79 Å². The summed E-state index contributed by atoms with van der Waals surface area (Å²) in [5.74, 6) is 0.717. The van der Waals surface area contributed by atoms with Crippen molar-refractivity contribution in [1.29, 1.82) is 0 Å². The summed E-state index contributed by atoms with van der Waals surface area (Å²) >= 11 is 0. The second-order valence-electron chi connectivity index (χ2n) is 5.29. The first kappa shape index (κ1) is 16.0. The minimum Gasteiger partial charge on any atom is -0.487 e. The number of carbonyl (C=O) groups is 1. The van der Waals surface area contributed by atoms with Gasteiger partial charge in [0.1, 0.15) is 24.1 Å². The van der Waals surface area contributed by atoms with Crippen molar-refractivity contribution in [3.8, 4) is 5.75 Å². The largest absolute Gasteiger partial charge is 0.487 e. The molecule has 6 nitrogen and oxygen atoms in total. The number of amides is 1. The smallest absolute Gasteiger partial charge is 0.244 e. The Morgan fingerprint density at radius 1 is 1.32 bits per heavy atom. The molecule has 0 spiro atoms. The number of hydrogen-bond donors (Lipinski definition) is 1. The molecule has 1 N–H and O–H groups in total. The number of hydrogen-bond acceptors (Lipinski definition) is 4. The molecule has 118 valence electrons. The maximum absolute atomic E-state index is 12.1. The lowest BCUT2D eigenvalue weighted by molar-refractivity contribution is -0.124. The van der Waals surface area contributed by atoms with Crippen LogP contribution in [0.4, 0.5) is 0 Å². The number of para-hydroxylation sites is 1. The molecule has 0 bridgehead atoms. The summed E-state index contributed by atoms with van der Waals surface area (Å²) in [6, 6.07) is 9.27. The molecule has 1 amide bonds. The Morgan fingerprint density at radius 2 is 2.05 bits per heavy atom. The lowest BCUT2D eigenvalue weighted by Gasteiger charge is -2.15. The van der Waals surface area contributed by atoms with E-state index in [1.807, 2.05) is 44.2 Å². The second kappa shape index (κ2) is 7.59. The summed E-state index contributed by atoms with van der Waals surface area (Å²) in [7, 11) is 0. The third kappa shape index (κ3) is 4.31. The summed E-state index contributed by atoms with van der Waals surface area (Å²) in [6.45, 7) is 6.13. The molecule has 0 aliphatic carbocycles. The van der Waals surface area contributed by atoms with Gasteiger partial charge < -0.3 is 10.1 Å². The average Bonchev–Trinajstić information content (AvgIpc) is 3.01. The van der Waals surface area contributed by atoms with Crippen molar-refractivity contribution >= 4 is 5.91 Å². The number of carbonyl (C=O) groups excluding carboxylic acids is 1. The van der Waals surface area contributed by atoms with Crippen molar-refractivity contribution in [2.24, 2.45) is 0 Å². The number of ether oxygens (including phenoxy) is 1. The van der Waals surface area contributed by atoms with Crippen molar-refractivity contribution in [2.45, 2.75) is 45.9 Å². The fourth-order valence-electron chi connectivity index (χ4n) is 1.83. The molecule has 0 radical (unpaired) electrons. The molecule has 2 rings (SSSR count). The molecule has 2 atom stereocenters. The highest BCUT2D eigenvalue weighted by Gasteiger charge is 2.18. The van der Waals surface area contributed by atoms with Crippen LogP contribution in [0.25, 0.3) is 0 Å². The predicted molar refractivity (Wildman–Crippen MR) is 83.4 cm³/mol. The van der Waals surface area contributed by atoms with Gasteiger partial charge in [-0.2, -0.15) is 0 Å². The van der Waals surface area contributed by atoms with Crippen LogP contribution in [-0.4, -0.2) is 26.9 Å². The van der Waals surface area contributed by atoms with E-state index in [2.05, 4.69) is 15.6 Å². The highest BCUT2D eigenvalue weighted by atomic mass is 16.5.